The molecule has 7 nitrogen and oxygen atoms in total. The van der Waals surface area contributed by atoms with E-state index in [0.717, 1.165) is 22.6 Å². The number of fused-ring (bicyclic) bond motifs is 1. The van der Waals surface area contributed by atoms with E-state index in [4.69, 9.17) is 27.9 Å². The third kappa shape index (κ3) is 4.86. The molecule has 0 spiro atoms. The second-order valence-electron chi connectivity index (χ2n) is 8.60. The molecule has 2 aliphatic rings. The fraction of sp³-hybridized carbons (Fsp3) is 0.522. The number of rotatable bonds is 6. The number of anilines is 1. The summed E-state index contributed by atoms with van der Waals surface area (Å²) in [5.74, 6) is 0.628. The summed E-state index contributed by atoms with van der Waals surface area (Å²) in [5.41, 5.74) is 2.83. The number of carbonyl (C=O) groups is 1. The summed E-state index contributed by atoms with van der Waals surface area (Å²) in [6, 6.07) is 5.61. The van der Waals surface area contributed by atoms with E-state index in [-0.39, 0.29) is 24.0 Å². The van der Waals surface area contributed by atoms with Gasteiger partial charge in [-0.05, 0) is 24.6 Å². The van der Waals surface area contributed by atoms with Crippen LogP contribution in [0.1, 0.15) is 49.6 Å². The van der Waals surface area contributed by atoms with Crippen LogP contribution in [0, 0.1) is 0 Å². The first-order valence-electron chi connectivity index (χ1n) is 11.0. The van der Waals surface area contributed by atoms with E-state index in [1.807, 2.05) is 17.9 Å². The Balaban J connectivity index is 1.49. The van der Waals surface area contributed by atoms with Crippen molar-refractivity contribution >= 4 is 34.9 Å². The smallest absolute Gasteiger partial charge is 0.231 e. The second kappa shape index (κ2) is 9.91. The lowest BCUT2D eigenvalue weighted by Crippen LogP contribution is -2.51. The molecule has 1 saturated heterocycles. The molecule has 0 bridgehead atoms. The lowest BCUT2D eigenvalue weighted by Gasteiger charge is -2.38. The number of amides is 1. The summed E-state index contributed by atoms with van der Waals surface area (Å²) >= 11 is 12.6. The van der Waals surface area contributed by atoms with Crippen molar-refractivity contribution in [1.82, 2.24) is 20.2 Å². The fourth-order valence-corrected chi connectivity index (χ4v) is 4.86. The predicted molar refractivity (Wildman–Crippen MR) is 126 cm³/mol. The summed E-state index contributed by atoms with van der Waals surface area (Å²) in [5, 5.41) is 4.47. The van der Waals surface area contributed by atoms with Gasteiger partial charge in [0, 0.05) is 54.4 Å². The number of hydrogen-bond acceptors (Lipinski definition) is 6. The maximum Gasteiger partial charge on any atom is 0.231 e. The van der Waals surface area contributed by atoms with Crippen LogP contribution in [0.5, 0.6) is 0 Å². The number of piperazine rings is 1. The van der Waals surface area contributed by atoms with Crippen molar-refractivity contribution in [3.63, 3.8) is 0 Å². The van der Waals surface area contributed by atoms with Gasteiger partial charge in [-0.1, -0.05) is 43.1 Å². The summed E-state index contributed by atoms with van der Waals surface area (Å²) < 4.78 is 5.74. The zero-order valence-corrected chi connectivity index (χ0v) is 20.2. The number of benzene rings is 1. The molecular formula is C23H29Cl2N5O2. The van der Waals surface area contributed by atoms with Gasteiger partial charge in [0.1, 0.15) is 12.1 Å². The molecule has 1 N–H and O–H groups in total. The summed E-state index contributed by atoms with van der Waals surface area (Å²) in [4.78, 5) is 26.6. The molecule has 1 aromatic carbocycles. The van der Waals surface area contributed by atoms with Gasteiger partial charge in [0.25, 0.3) is 0 Å². The highest BCUT2D eigenvalue weighted by molar-refractivity contribution is 6.35. The Hall–Kier alpha value is -1.93. The average molecular weight is 478 g/mol. The van der Waals surface area contributed by atoms with Crippen LogP contribution in [0.4, 0.5) is 5.82 Å². The first-order valence-corrected chi connectivity index (χ1v) is 11.8. The Morgan fingerprint density at radius 2 is 1.97 bits per heavy atom. The zero-order valence-electron chi connectivity index (χ0n) is 18.6. The molecule has 9 heteroatoms. The molecule has 3 heterocycles. The second-order valence-corrected chi connectivity index (χ2v) is 9.45. The zero-order chi connectivity index (χ0) is 22.8. The minimum atomic E-state index is -0.370. The van der Waals surface area contributed by atoms with Crippen LogP contribution in [0.2, 0.25) is 10.0 Å². The van der Waals surface area contributed by atoms with E-state index in [9.17, 15) is 4.79 Å². The Morgan fingerprint density at radius 3 is 2.66 bits per heavy atom. The minimum absolute atomic E-state index is 0.0144. The standard InChI is InChI=1S/C23H29Cl2N5O2/c1-14(2)26-11-18(17-5-4-16(24)10-19(17)25)23(31)30-8-6-29(7-9-30)22-21-15(3)32-12-20(21)27-13-28-22/h4-5,10,13-15,18,26H,6-9,11-12H2,1-3H3. The van der Waals surface area contributed by atoms with Crippen molar-refractivity contribution in [3.8, 4) is 0 Å². The number of hydrogen-bond donors (Lipinski definition) is 1. The molecule has 1 aromatic heterocycles. The number of carbonyl (C=O) groups excluding carboxylic acids is 1. The lowest BCUT2D eigenvalue weighted by molar-refractivity contribution is -0.133. The molecule has 2 aromatic rings. The van der Waals surface area contributed by atoms with Crippen LogP contribution < -0.4 is 10.2 Å². The monoisotopic (exact) mass is 477 g/mol. The van der Waals surface area contributed by atoms with E-state index in [0.29, 0.717) is 49.4 Å². The summed E-state index contributed by atoms with van der Waals surface area (Å²) in [6.07, 6.45) is 1.59. The van der Waals surface area contributed by atoms with Crippen molar-refractivity contribution in [2.24, 2.45) is 0 Å². The molecule has 2 aliphatic heterocycles. The molecule has 1 fully saturated rings. The van der Waals surface area contributed by atoms with Crippen molar-refractivity contribution in [3.05, 3.63) is 51.4 Å². The average Bonchev–Trinajstić information content (AvgIpc) is 3.16. The quantitative estimate of drug-likeness (QED) is 0.681. The van der Waals surface area contributed by atoms with Crippen LogP contribution in [0.15, 0.2) is 24.5 Å². The molecular weight excluding hydrogens is 449 g/mol. The highest BCUT2D eigenvalue weighted by Crippen LogP contribution is 2.35. The number of nitrogens with one attached hydrogen (secondary N) is 1. The molecule has 2 atom stereocenters. The van der Waals surface area contributed by atoms with Gasteiger partial charge >= 0.3 is 0 Å². The molecule has 32 heavy (non-hydrogen) atoms. The van der Waals surface area contributed by atoms with Crippen LogP contribution in [-0.4, -0.2) is 59.5 Å². The molecule has 2 unspecified atom stereocenters. The highest BCUT2D eigenvalue weighted by Gasteiger charge is 2.33. The Kier molecular flexibility index (Phi) is 7.20. The van der Waals surface area contributed by atoms with Gasteiger partial charge in [-0.25, -0.2) is 9.97 Å². The van der Waals surface area contributed by atoms with Crippen molar-refractivity contribution < 1.29 is 9.53 Å². The van der Waals surface area contributed by atoms with E-state index in [2.05, 4.69) is 34.0 Å². The Bertz CT molecular complexity index is 979. The van der Waals surface area contributed by atoms with E-state index >= 15 is 0 Å². The normalized spacial score (nSPS) is 19.4. The van der Waals surface area contributed by atoms with Crippen LogP contribution in [0.3, 0.4) is 0 Å². The van der Waals surface area contributed by atoms with Crippen LogP contribution >= 0.6 is 23.2 Å². The van der Waals surface area contributed by atoms with E-state index < -0.39 is 0 Å². The lowest BCUT2D eigenvalue weighted by atomic mass is 9.96. The predicted octanol–water partition coefficient (Wildman–Crippen LogP) is 3.81. The van der Waals surface area contributed by atoms with Gasteiger partial charge in [-0.15, -0.1) is 0 Å². The molecule has 0 saturated carbocycles. The maximum absolute atomic E-state index is 13.6. The molecule has 172 valence electrons. The third-order valence-electron chi connectivity index (χ3n) is 6.08. The SMILES string of the molecule is CC(C)NCC(C(=O)N1CCN(c2ncnc3c2C(C)OC3)CC1)c1ccc(Cl)cc1Cl. The van der Waals surface area contributed by atoms with E-state index in [1.165, 1.54) is 0 Å². The number of aromatic nitrogens is 2. The summed E-state index contributed by atoms with van der Waals surface area (Å²) in [7, 11) is 0. The van der Waals surface area contributed by atoms with Gasteiger partial charge < -0.3 is 19.9 Å². The van der Waals surface area contributed by atoms with Crippen LogP contribution in [0.25, 0.3) is 0 Å². The molecule has 0 radical (unpaired) electrons. The maximum atomic E-state index is 13.6. The largest absolute Gasteiger partial charge is 0.367 e. The first-order chi connectivity index (χ1) is 15.3. The fourth-order valence-electron chi connectivity index (χ4n) is 4.32. The van der Waals surface area contributed by atoms with Crippen molar-refractivity contribution in [2.45, 2.75) is 45.4 Å². The molecule has 1 amide bonds. The van der Waals surface area contributed by atoms with Gasteiger partial charge in [0.2, 0.25) is 5.91 Å². The third-order valence-corrected chi connectivity index (χ3v) is 6.64. The van der Waals surface area contributed by atoms with Gasteiger partial charge in [-0.3, -0.25) is 4.79 Å². The van der Waals surface area contributed by atoms with E-state index in [1.54, 1.807) is 18.5 Å². The number of ether oxygens (including phenoxy) is 1. The topological polar surface area (TPSA) is 70.6 Å². The number of halogens is 2. The van der Waals surface area contributed by atoms with Crippen molar-refractivity contribution in [2.75, 3.05) is 37.6 Å². The number of nitrogens with zero attached hydrogens (tertiary/aromatic N) is 4. The molecule has 0 aliphatic carbocycles. The summed E-state index contributed by atoms with van der Waals surface area (Å²) in [6.45, 7) is 9.86. The Labute approximate surface area is 199 Å². The highest BCUT2D eigenvalue weighted by atomic mass is 35.5. The van der Waals surface area contributed by atoms with Crippen LogP contribution in [-0.2, 0) is 16.1 Å². The van der Waals surface area contributed by atoms with Gasteiger partial charge in [-0.2, -0.15) is 0 Å². The first kappa shape index (κ1) is 23.2. The van der Waals surface area contributed by atoms with Gasteiger partial charge in [0.05, 0.1) is 24.3 Å². The van der Waals surface area contributed by atoms with Gasteiger partial charge in [0.15, 0.2) is 0 Å². The molecule has 4 rings (SSSR count). The Morgan fingerprint density at radius 1 is 1.22 bits per heavy atom. The minimum Gasteiger partial charge on any atom is -0.367 e. The van der Waals surface area contributed by atoms with Crippen molar-refractivity contribution in [1.29, 1.82) is 0 Å².